The van der Waals surface area contributed by atoms with Crippen LogP contribution in [0.2, 0.25) is 0 Å². The van der Waals surface area contributed by atoms with E-state index in [1.54, 1.807) is 0 Å². The maximum atomic E-state index is 12.1. The van der Waals surface area contributed by atoms with Crippen LogP contribution in [0.25, 0.3) is 10.9 Å². The third kappa shape index (κ3) is 3.67. The lowest BCUT2D eigenvalue weighted by Crippen LogP contribution is -2.22. The summed E-state index contributed by atoms with van der Waals surface area (Å²) in [5, 5.41) is 4.17. The fourth-order valence-electron chi connectivity index (χ4n) is 3.26. The molecule has 1 aliphatic rings. The van der Waals surface area contributed by atoms with Gasteiger partial charge < -0.3 is 19.8 Å². The number of rotatable bonds is 6. The molecule has 1 aliphatic heterocycles. The monoisotopic (exact) mass is 350 g/mol. The van der Waals surface area contributed by atoms with Gasteiger partial charge in [-0.3, -0.25) is 4.79 Å². The summed E-state index contributed by atoms with van der Waals surface area (Å²) in [6.07, 6.45) is 4.12. The Bertz CT molecular complexity index is 917. The number of H-pyrrole nitrogens is 1. The number of amides is 1. The highest BCUT2D eigenvalue weighted by molar-refractivity contribution is 5.84. The van der Waals surface area contributed by atoms with E-state index < -0.39 is 0 Å². The zero-order chi connectivity index (χ0) is 17.8. The van der Waals surface area contributed by atoms with E-state index in [1.807, 2.05) is 42.6 Å². The number of carbonyl (C=O) groups is 1. The molecule has 1 amide bonds. The first kappa shape index (κ1) is 16.5. The summed E-state index contributed by atoms with van der Waals surface area (Å²) in [5.41, 5.74) is 3.37. The van der Waals surface area contributed by atoms with Crippen LogP contribution in [-0.4, -0.2) is 24.1 Å². The predicted octanol–water partition coefficient (Wildman–Crippen LogP) is 3.58. The van der Waals surface area contributed by atoms with E-state index >= 15 is 0 Å². The highest BCUT2D eigenvalue weighted by atomic mass is 16.6. The van der Waals surface area contributed by atoms with Gasteiger partial charge in [0.25, 0.3) is 0 Å². The van der Waals surface area contributed by atoms with Crippen molar-refractivity contribution in [3.63, 3.8) is 0 Å². The molecule has 0 radical (unpaired) electrons. The molecule has 0 aliphatic carbocycles. The van der Waals surface area contributed by atoms with Crippen LogP contribution in [-0.2, 0) is 17.8 Å². The average molecular weight is 350 g/mol. The van der Waals surface area contributed by atoms with Gasteiger partial charge >= 0.3 is 0 Å². The number of fused-ring (bicyclic) bond motifs is 2. The van der Waals surface area contributed by atoms with Crippen LogP contribution >= 0.6 is 0 Å². The van der Waals surface area contributed by atoms with Crippen LogP contribution in [0.4, 0.5) is 0 Å². The van der Waals surface area contributed by atoms with E-state index in [0.29, 0.717) is 26.2 Å². The fourth-order valence-corrected chi connectivity index (χ4v) is 3.26. The third-order valence-corrected chi connectivity index (χ3v) is 4.63. The number of nitrogens with one attached hydrogen (secondary N) is 2. The Kier molecular flexibility index (Phi) is 4.78. The molecule has 5 nitrogen and oxygen atoms in total. The number of aryl methyl sites for hydroxylation is 1. The van der Waals surface area contributed by atoms with Gasteiger partial charge in [-0.15, -0.1) is 0 Å². The quantitative estimate of drug-likeness (QED) is 0.714. The Morgan fingerprint density at radius 2 is 1.92 bits per heavy atom. The molecule has 0 bridgehead atoms. The summed E-state index contributed by atoms with van der Waals surface area (Å²) in [5.74, 6) is 1.68. The van der Waals surface area contributed by atoms with Crippen LogP contribution in [0.15, 0.2) is 48.7 Å². The Labute approximate surface area is 152 Å². The molecule has 2 aromatic carbocycles. The van der Waals surface area contributed by atoms with Crippen molar-refractivity contribution in [3.05, 3.63) is 59.8 Å². The summed E-state index contributed by atoms with van der Waals surface area (Å²) in [6.45, 7) is 1.74. The van der Waals surface area contributed by atoms with Crippen LogP contribution in [0.1, 0.15) is 24.0 Å². The third-order valence-electron chi connectivity index (χ3n) is 4.63. The minimum absolute atomic E-state index is 0.0767. The van der Waals surface area contributed by atoms with Gasteiger partial charge in [-0.2, -0.15) is 0 Å². The van der Waals surface area contributed by atoms with Crippen LogP contribution in [0, 0.1) is 0 Å². The number of ether oxygens (including phenoxy) is 2. The number of hydrogen-bond donors (Lipinski definition) is 2. The Morgan fingerprint density at radius 3 is 2.85 bits per heavy atom. The minimum atomic E-state index is 0.0767. The van der Waals surface area contributed by atoms with Crippen molar-refractivity contribution in [1.82, 2.24) is 10.3 Å². The minimum Gasteiger partial charge on any atom is -0.486 e. The maximum Gasteiger partial charge on any atom is 0.220 e. The van der Waals surface area contributed by atoms with E-state index in [0.717, 1.165) is 40.8 Å². The van der Waals surface area contributed by atoms with Gasteiger partial charge in [0, 0.05) is 30.1 Å². The Hall–Kier alpha value is -2.95. The molecule has 0 saturated carbocycles. The normalized spacial score (nSPS) is 12.9. The maximum absolute atomic E-state index is 12.1. The molecule has 1 aromatic heterocycles. The van der Waals surface area contributed by atoms with Gasteiger partial charge in [-0.25, -0.2) is 0 Å². The molecule has 134 valence electrons. The van der Waals surface area contributed by atoms with Gasteiger partial charge in [-0.1, -0.05) is 24.3 Å². The average Bonchev–Trinajstić information content (AvgIpc) is 3.09. The fraction of sp³-hybridized carbons (Fsp3) is 0.286. The largest absolute Gasteiger partial charge is 0.486 e. The van der Waals surface area contributed by atoms with Gasteiger partial charge in [0.05, 0.1) is 0 Å². The van der Waals surface area contributed by atoms with Crippen LogP contribution in [0.5, 0.6) is 11.5 Å². The van der Waals surface area contributed by atoms with Gasteiger partial charge in [-0.05, 0) is 42.2 Å². The van der Waals surface area contributed by atoms with Gasteiger partial charge in [0.1, 0.15) is 13.2 Å². The summed E-state index contributed by atoms with van der Waals surface area (Å²) in [4.78, 5) is 15.4. The summed E-state index contributed by atoms with van der Waals surface area (Å²) < 4.78 is 11.1. The molecule has 4 rings (SSSR count). The van der Waals surface area contributed by atoms with E-state index in [9.17, 15) is 4.79 Å². The lowest BCUT2D eigenvalue weighted by atomic mass is 10.1. The predicted molar refractivity (Wildman–Crippen MR) is 101 cm³/mol. The number of aromatic nitrogens is 1. The number of benzene rings is 2. The molecule has 0 spiro atoms. The highest BCUT2D eigenvalue weighted by Crippen LogP contribution is 2.31. The van der Waals surface area contributed by atoms with Gasteiger partial charge in [0.2, 0.25) is 5.91 Å². The van der Waals surface area contributed by atoms with Gasteiger partial charge in [0.15, 0.2) is 11.5 Å². The van der Waals surface area contributed by atoms with Crippen LogP contribution in [0.3, 0.4) is 0 Å². The molecule has 2 N–H and O–H groups in total. The van der Waals surface area contributed by atoms with E-state index in [2.05, 4.69) is 16.4 Å². The van der Waals surface area contributed by atoms with Crippen molar-refractivity contribution in [3.8, 4) is 11.5 Å². The van der Waals surface area contributed by atoms with Crippen molar-refractivity contribution in [2.45, 2.75) is 25.8 Å². The second-order valence-corrected chi connectivity index (χ2v) is 6.47. The number of para-hydroxylation sites is 1. The highest BCUT2D eigenvalue weighted by Gasteiger charge is 2.12. The summed E-state index contributed by atoms with van der Waals surface area (Å²) in [6, 6.07) is 14.1. The Morgan fingerprint density at radius 1 is 1.08 bits per heavy atom. The SMILES string of the molecule is O=C(CCCc1ccc2c(c1)OCCO2)NCc1c[nH]c2ccccc12. The van der Waals surface area contributed by atoms with Crippen LogP contribution < -0.4 is 14.8 Å². The lowest BCUT2D eigenvalue weighted by molar-refractivity contribution is -0.121. The number of carbonyl (C=O) groups excluding carboxylic acids is 1. The second-order valence-electron chi connectivity index (χ2n) is 6.47. The molecule has 0 atom stereocenters. The summed E-state index contributed by atoms with van der Waals surface area (Å²) in [7, 11) is 0. The second kappa shape index (κ2) is 7.52. The molecule has 0 unspecified atom stereocenters. The molecule has 5 heteroatoms. The molecule has 2 heterocycles. The molecule has 3 aromatic rings. The zero-order valence-corrected chi connectivity index (χ0v) is 14.6. The standard InChI is InChI=1S/C21H22N2O3/c24-21(23-14-16-13-22-18-6-2-1-5-17(16)18)7-3-4-15-8-9-19-20(12-15)26-11-10-25-19/h1-2,5-6,8-9,12-13,22H,3-4,7,10-11,14H2,(H,23,24). The van der Waals surface area contributed by atoms with E-state index in [1.165, 1.54) is 5.56 Å². The Balaban J connectivity index is 1.25. The molecule has 0 saturated heterocycles. The number of hydrogen-bond acceptors (Lipinski definition) is 3. The van der Waals surface area contributed by atoms with E-state index in [-0.39, 0.29) is 5.91 Å². The van der Waals surface area contributed by atoms with Crippen molar-refractivity contribution < 1.29 is 14.3 Å². The van der Waals surface area contributed by atoms with Crippen molar-refractivity contribution in [2.75, 3.05) is 13.2 Å². The number of aromatic amines is 1. The molecular weight excluding hydrogens is 328 g/mol. The van der Waals surface area contributed by atoms with Crippen molar-refractivity contribution >= 4 is 16.8 Å². The molecular formula is C21H22N2O3. The topological polar surface area (TPSA) is 63.4 Å². The smallest absolute Gasteiger partial charge is 0.220 e. The zero-order valence-electron chi connectivity index (χ0n) is 14.6. The van der Waals surface area contributed by atoms with E-state index in [4.69, 9.17) is 9.47 Å². The summed E-state index contributed by atoms with van der Waals surface area (Å²) >= 11 is 0. The van der Waals surface area contributed by atoms with Crippen molar-refractivity contribution in [1.29, 1.82) is 0 Å². The first-order valence-electron chi connectivity index (χ1n) is 9.00. The first-order valence-corrected chi connectivity index (χ1v) is 9.00. The first-order chi connectivity index (χ1) is 12.8. The van der Waals surface area contributed by atoms with Crippen molar-refractivity contribution in [2.24, 2.45) is 0 Å². The lowest BCUT2D eigenvalue weighted by Gasteiger charge is -2.18. The molecule has 26 heavy (non-hydrogen) atoms. The molecule has 0 fully saturated rings.